The number of aliphatic hydroxyl groups is 11. The third-order valence-corrected chi connectivity index (χ3v) is 19.7. The number of allylic oxidation sites excluding steroid dienone is 2. The van der Waals surface area contributed by atoms with Gasteiger partial charge in [0.05, 0.1) is 50.7 Å². The molecule has 0 spiro atoms. The maximum Gasteiger partial charge on any atom is 0.364 e. The highest BCUT2D eigenvalue weighted by molar-refractivity contribution is 5.77. The maximum absolute atomic E-state index is 13.5. The van der Waals surface area contributed by atoms with Gasteiger partial charge < -0.3 is 100 Å². The van der Waals surface area contributed by atoms with Gasteiger partial charge in [-0.1, -0.05) is 257 Å². The second-order valence-electron chi connectivity index (χ2n) is 28.2. The SMILES string of the molecule is CCCCCCCCCCCCCC/C=C\CCCCCCCCCCCCCCCCC(=O)NC(COC1OC(CO)C(OC2OC(CO)C(O)C(OC3(C(=O)O)CC(O)C(NC(C)=O)C(C(O)C(O)CO)O3)C2O)C(O)C1O)C(O)CCCCCCCCCCCCCCC. The van der Waals surface area contributed by atoms with Crippen molar-refractivity contribution in [3.8, 4) is 0 Å². The Bertz CT molecular complexity index is 2000. The quantitative estimate of drug-likeness (QED) is 0.0199. The number of hydrogen-bond donors (Lipinski definition) is 14. The summed E-state index contributed by atoms with van der Waals surface area (Å²) in [7, 11) is 0. The van der Waals surface area contributed by atoms with Crippen LogP contribution in [0.4, 0.5) is 0 Å². The lowest BCUT2D eigenvalue weighted by Gasteiger charge is -2.50. The maximum atomic E-state index is 13.5. The number of hydrogen-bond acceptors (Lipinski definition) is 20. The smallest absolute Gasteiger partial charge is 0.364 e. The molecule has 3 rings (SSSR count). The zero-order chi connectivity index (χ0) is 71.1. The Hall–Kier alpha value is -2.53. The van der Waals surface area contributed by atoms with Crippen molar-refractivity contribution in [2.24, 2.45) is 0 Å². The van der Waals surface area contributed by atoms with Crippen molar-refractivity contribution in [1.82, 2.24) is 10.6 Å². The van der Waals surface area contributed by atoms with E-state index in [1.165, 1.54) is 199 Å². The number of aliphatic hydroxyl groups excluding tert-OH is 11. The fourth-order valence-electron chi connectivity index (χ4n) is 13.6. The minimum atomic E-state index is -3.08. The first kappa shape index (κ1) is 88.7. The minimum Gasteiger partial charge on any atom is -0.477 e. The van der Waals surface area contributed by atoms with Crippen LogP contribution in [-0.2, 0) is 42.8 Å². The molecule has 3 fully saturated rings. The molecule has 3 saturated heterocycles. The molecular weight excluding hydrogens is 1250 g/mol. The van der Waals surface area contributed by atoms with Gasteiger partial charge in [0.2, 0.25) is 11.8 Å². The fourth-order valence-corrected chi connectivity index (χ4v) is 13.6. The Morgan fingerprint density at radius 1 is 0.526 bits per heavy atom. The van der Waals surface area contributed by atoms with Crippen LogP contribution in [0.25, 0.3) is 0 Å². The second kappa shape index (κ2) is 54.2. The fraction of sp³-hybridized carbons (Fsp3) is 0.932. The summed E-state index contributed by atoms with van der Waals surface area (Å²) in [5, 5.41) is 136. The molecule has 0 bridgehead atoms. The Kier molecular flexibility index (Phi) is 49.5. The lowest BCUT2D eigenvalue weighted by atomic mass is 9.88. The van der Waals surface area contributed by atoms with Crippen molar-refractivity contribution in [2.75, 3.05) is 26.4 Å². The number of nitrogens with one attached hydrogen (secondary N) is 2. The van der Waals surface area contributed by atoms with Crippen molar-refractivity contribution in [2.45, 2.75) is 413 Å². The van der Waals surface area contributed by atoms with E-state index in [0.29, 0.717) is 19.3 Å². The number of carbonyl (C=O) groups is 3. The molecule has 3 aliphatic heterocycles. The summed E-state index contributed by atoms with van der Waals surface area (Å²) in [5.41, 5.74) is 0. The monoisotopic (exact) mass is 1390 g/mol. The zero-order valence-corrected chi connectivity index (χ0v) is 60.0. The number of aliphatic carboxylic acids is 1. The predicted octanol–water partition coefficient (Wildman–Crippen LogP) is 9.02. The van der Waals surface area contributed by atoms with Crippen LogP contribution in [0.15, 0.2) is 12.2 Å². The normalized spacial score (nSPS) is 27.4. The van der Waals surface area contributed by atoms with Crippen LogP contribution >= 0.6 is 0 Å². The van der Waals surface area contributed by atoms with E-state index in [2.05, 4.69) is 36.6 Å². The van der Waals surface area contributed by atoms with E-state index in [-0.39, 0.29) is 18.9 Å². The van der Waals surface area contributed by atoms with Crippen LogP contribution in [0.1, 0.15) is 303 Å². The molecule has 0 aromatic rings. The first-order valence-corrected chi connectivity index (χ1v) is 38.5. The van der Waals surface area contributed by atoms with Crippen molar-refractivity contribution in [3.05, 3.63) is 12.2 Å². The molecule has 23 nitrogen and oxygen atoms in total. The van der Waals surface area contributed by atoms with Gasteiger partial charge in [0.25, 0.3) is 5.79 Å². The zero-order valence-electron chi connectivity index (χ0n) is 60.0. The van der Waals surface area contributed by atoms with Crippen LogP contribution in [0.2, 0.25) is 0 Å². The van der Waals surface area contributed by atoms with Crippen LogP contribution in [0, 0.1) is 0 Å². The highest BCUT2D eigenvalue weighted by Gasteiger charge is 2.60. The third-order valence-electron chi connectivity index (χ3n) is 19.7. The highest BCUT2D eigenvalue weighted by atomic mass is 16.8. The molecule has 570 valence electrons. The van der Waals surface area contributed by atoms with Crippen LogP contribution in [0.5, 0.6) is 0 Å². The second-order valence-corrected chi connectivity index (χ2v) is 28.2. The van der Waals surface area contributed by atoms with Crippen LogP contribution in [0.3, 0.4) is 0 Å². The summed E-state index contributed by atoms with van der Waals surface area (Å²) in [6, 6.07) is -2.53. The summed E-state index contributed by atoms with van der Waals surface area (Å²) in [4.78, 5) is 38.6. The number of rotatable bonds is 60. The van der Waals surface area contributed by atoms with Gasteiger partial charge in [0, 0.05) is 19.8 Å². The number of carboxylic acids is 1. The van der Waals surface area contributed by atoms with Crippen molar-refractivity contribution < 1.29 is 104 Å². The van der Waals surface area contributed by atoms with E-state index in [1.807, 2.05) is 0 Å². The lowest BCUT2D eigenvalue weighted by Crippen LogP contribution is -2.70. The van der Waals surface area contributed by atoms with Gasteiger partial charge in [-0.2, -0.15) is 0 Å². The average molecular weight is 1390 g/mol. The van der Waals surface area contributed by atoms with E-state index >= 15 is 0 Å². The third kappa shape index (κ3) is 35.5. The first-order valence-electron chi connectivity index (χ1n) is 38.5. The van der Waals surface area contributed by atoms with Gasteiger partial charge in [0.15, 0.2) is 12.6 Å². The average Bonchev–Trinajstić information content (AvgIpc) is 0.758. The summed E-state index contributed by atoms with van der Waals surface area (Å²) in [6.07, 6.45) is 26.6. The topological polar surface area (TPSA) is 373 Å². The molecular formula is C74H138N2O21. The van der Waals surface area contributed by atoms with Gasteiger partial charge in [0.1, 0.15) is 67.1 Å². The standard InChI is InChI=1S/C74H138N2O21/c1-4-6-8-10-12-14-16-18-19-20-21-22-23-24-25-26-27-28-29-30-31-32-33-34-36-38-40-42-44-46-48-61(84)76-55(56(81)47-45-43-41-39-37-35-17-15-13-11-9-7-5-2)53-92-71-66(88)65(87)68(60(52-79)94-71)95-72-67(89)70(64(86)59(51-78)93-72)97-74(73(90)91)49-57(82)62(75-54(3)80)69(96-74)63(85)58(83)50-77/h24-25,55-60,62-72,77-79,81-83,85-89H,4-23,26-53H2,1-3H3,(H,75,80)(H,76,84)(H,90,91)/b25-24-. The number of ether oxygens (including phenoxy) is 6. The Balaban J connectivity index is 1.48. The van der Waals surface area contributed by atoms with E-state index in [1.54, 1.807) is 0 Å². The molecule has 97 heavy (non-hydrogen) atoms. The molecule has 0 saturated carbocycles. The Morgan fingerprint density at radius 3 is 1.39 bits per heavy atom. The first-order chi connectivity index (χ1) is 46.9. The number of carboxylic acid groups (broad SMARTS) is 1. The Labute approximate surface area is 581 Å². The van der Waals surface area contributed by atoms with Crippen molar-refractivity contribution >= 4 is 17.8 Å². The van der Waals surface area contributed by atoms with E-state index < -0.39 is 148 Å². The molecule has 0 aromatic carbocycles. The van der Waals surface area contributed by atoms with Crippen LogP contribution in [-0.4, -0.2) is 215 Å². The largest absolute Gasteiger partial charge is 0.477 e. The molecule has 0 radical (unpaired) electrons. The highest BCUT2D eigenvalue weighted by Crippen LogP contribution is 2.39. The lowest BCUT2D eigenvalue weighted by molar-refractivity contribution is -0.386. The summed E-state index contributed by atoms with van der Waals surface area (Å²) in [5.74, 6) is -6.09. The van der Waals surface area contributed by atoms with Crippen LogP contribution < -0.4 is 10.6 Å². The summed E-state index contributed by atoms with van der Waals surface area (Å²) >= 11 is 0. The van der Waals surface area contributed by atoms with Crippen molar-refractivity contribution in [3.63, 3.8) is 0 Å². The van der Waals surface area contributed by atoms with Gasteiger partial charge >= 0.3 is 5.97 Å². The molecule has 18 atom stereocenters. The number of amides is 2. The molecule has 0 aliphatic carbocycles. The van der Waals surface area contributed by atoms with Crippen molar-refractivity contribution in [1.29, 1.82) is 0 Å². The van der Waals surface area contributed by atoms with E-state index in [9.17, 15) is 75.7 Å². The van der Waals surface area contributed by atoms with E-state index in [4.69, 9.17) is 28.4 Å². The van der Waals surface area contributed by atoms with E-state index in [0.717, 1.165) is 58.3 Å². The molecule has 3 aliphatic rings. The number of unbranched alkanes of at least 4 members (excludes halogenated alkanes) is 38. The predicted molar refractivity (Wildman–Crippen MR) is 371 cm³/mol. The van der Waals surface area contributed by atoms with Gasteiger partial charge in [-0.05, 0) is 38.5 Å². The summed E-state index contributed by atoms with van der Waals surface area (Å²) < 4.78 is 34.9. The molecule has 3 heterocycles. The number of carbonyl (C=O) groups excluding carboxylic acids is 2. The molecule has 23 heteroatoms. The Morgan fingerprint density at radius 2 is 0.959 bits per heavy atom. The van der Waals surface area contributed by atoms with Gasteiger partial charge in [-0.15, -0.1) is 0 Å². The molecule has 14 N–H and O–H groups in total. The minimum absolute atomic E-state index is 0.226. The summed E-state index contributed by atoms with van der Waals surface area (Å²) in [6.45, 7) is 2.23. The van der Waals surface area contributed by atoms with Gasteiger partial charge in [-0.25, -0.2) is 4.79 Å². The molecule has 18 unspecified atom stereocenters. The van der Waals surface area contributed by atoms with Gasteiger partial charge in [-0.3, -0.25) is 9.59 Å². The molecule has 0 aromatic heterocycles. The molecule has 2 amide bonds.